The van der Waals surface area contributed by atoms with Gasteiger partial charge in [-0.1, -0.05) is 6.07 Å². The second-order valence-electron chi connectivity index (χ2n) is 7.29. The Labute approximate surface area is 195 Å². The predicted octanol–water partition coefficient (Wildman–Crippen LogP) is 4.54. The first-order valence-electron chi connectivity index (χ1n) is 10.4. The minimum atomic E-state index is -0.506. The van der Waals surface area contributed by atoms with Gasteiger partial charge in [0.15, 0.2) is 11.5 Å². The average molecular weight is 459 g/mol. The van der Waals surface area contributed by atoms with Crippen LogP contribution in [-0.4, -0.2) is 35.4 Å². The van der Waals surface area contributed by atoms with Gasteiger partial charge in [0, 0.05) is 17.7 Å². The molecule has 4 rings (SSSR count). The minimum Gasteiger partial charge on any atom is -0.504 e. The first kappa shape index (κ1) is 22.5. The molecule has 0 fully saturated rings. The van der Waals surface area contributed by atoms with Gasteiger partial charge in [0.2, 0.25) is 0 Å². The number of non-ortho nitro benzene ring substituents is 1. The number of phenolic OH excluding ortho intramolecular Hbond substituents is 1. The van der Waals surface area contributed by atoms with Crippen molar-refractivity contribution < 1.29 is 24.3 Å². The Kier molecular flexibility index (Phi) is 6.26. The molecule has 34 heavy (non-hydrogen) atoms. The van der Waals surface area contributed by atoms with Crippen molar-refractivity contribution in [2.24, 2.45) is 5.10 Å². The quantitative estimate of drug-likeness (QED) is 0.315. The number of nitrogens with zero attached hydrogens (tertiary/aromatic N) is 3. The highest BCUT2D eigenvalue weighted by molar-refractivity contribution is 6.37. The first-order valence-corrected chi connectivity index (χ1v) is 10.4. The third-order valence-electron chi connectivity index (χ3n) is 5.14. The maximum atomic E-state index is 13.4. The van der Waals surface area contributed by atoms with Gasteiger partial charge in [0.1, 0.15) is 11.5 Å². The van der Waals surface area contributed by atoms with Crippen LogP contribution in [0.2, 0.25) is 0 Å². The fourth-order valence-corrected chi connectivity index (χ4v) is 3.46. The summed E-state index contributed by atoms with van der Waals surface area (Å²) in [4.78, 5) is 23.9. The van der Waals surface area contributed by atoms with Crippen LogP contribution in [0.5, 0.6) is 17.2 Å². The number of carbonyl (C=O) groups is 1. The molecule has 3 aromatic rings. The van der Waals surface area contributed by atoms with Gasteiger partial charge < -0.3 is 14.6 Å². The normalized spacial score (nSPS) is 14.3. The summed E-state index contributed by atoms with van der Waals surface area (Å²) in [6, 6.07) is 17.5. The first-order chi connectivity index (χ1) is 16.4. The summed E-state index contributed by atoms with van der Waals surface area (Å²) >= 11 is 0. The predicted molar refractivity (Wildman–Crippen MR) is 127 cm³/mol. The number of methoxy groups -OCH3 is 1. The highest BCUT2D eigenvalue weighted by Gasteiger charge is 2.32. The van der Waals surface area contributed by atoms with Crippen molar-refractivity contribution in [1.29, 1.82) is 0 Å². The molecular formula is C25H21N3O6. The van der Waals surface area contributed by atoms with Crippen molar-refractivity contribution in [3.63, 3.8) is 0 Å². The molecule has 172 valence electrons. The number of amides is 1. The number of rotatable bonds is 7. The molecule has 0 aromatic heterocycles. The standard InChI is InChI=1S/C25H21N3O6/c1-3-34-23-15-16(4-13-22(23)29)14-21-24(17-5-11-20(33-2)12-6-17)26-27(25(21)30)18-7-9-19(10-8-18)28(31)32/h4-15,29H,3H2,1-2H3. The van der Waals surface area contributed by atoms with E-state index in [-0.39, 0.29) is 11.4 Å². The maximum absolute atomic E-state index is 13.4. The third-order valence-corrected chi connectivity index (χ3v) is 5.14. The van der Waals surface area contributed by atoms with E-state index in [4.69, 9.17) is 9.47 Å². The molecule has 1 heterocycles. The van der Waals surface area contributed by atoms with Gasteiger partial charge >= 0.3 is 0 Å². The summed E-state index contributed by atoms with van der Waals surface area (Å²) in [6.45, 7) is 2.18. The van der Waals surface area contributed by atoms with E-state index >= 15 is 0 Å². The molecule has 9 heteroatoms. The summed E-state index contributed by atoms with van der Waals surface area (Å²) in [6.07, 6.45) is 1.67. The Hall–Kier alpha value is -4.66. The highest BCUT2D eigenvalue weighted by Crippen LogP contribution is 2.32. The van der Waals surface area contributed by atoms with E-state index in [0.717, 1.165) is 0 Å². The summed E-state index contributed by atoms with van der Waals surface area (Å²) in [5.41, 5.74) is 2.38. The van der Waals surface area contributed by atoms with E-state index in [1.807, 2.05) is 6.92 Å². The Bertz CT molecular complexity index is 1300. The van der Waals surface area contributed by atoms with Gasteiger partial charge in [0.05, 0.1) is 29.9 Å². The van der Waals surface area contributed by atoms with Crippen molar-refractivity contribution >= 4 is 29.1 Å². The summed E-state index contributed by atoms with van der Waals surface area (Å²) in [5, 5.41) is 26.7. The highest BCUT2D eigenvalue weighted by atomic mass is 16.6. The Balaban J connectivity index is 1.79. The van der Waals surface area contributed by atoms with Crippen molar-refractivity contribution in [2.45, 2.75) is 6.92 Å². The number of benzene rings is 3. The van der Waals surface area contributed by atoms with E-state index in [9.17, 15) is 20.0 Å². The lowest BCUT2D eigenvalue weighted by Crippen LogP contribution is -2.21. The molecule has 3 aromatic carbocycles. The molecule has 1 amide bonds. The lowest BCUT2D eigenvalue weighted by molar-refractivity contribution is -0.384. The van der Waals surface area contributed by atoms with Crippen LogP contribution in [0.4, 0.5) is 11.4 Å². The van der Waals surface area contributed by atoms with E-state index < -0.39 is 10.8 Å². The number of anilines is 1. The Morgan fingerprint density at radius 3 is 2.41 bits per heavy atom. The van der Waals surface area contributed by atoms with Crippen LogP contribution in [-0.2, 0) is 4.79 Å². The van der Waals surface area contributed by atoms with Gasteiger partial charge in [-0.3, -0.25) is 14.9 Å². The van der Waals surface area contributed by atoms with Crippen LogP contribution >= 0.6 is 0 Å². The zero-order valence-corrected chi connectivity index (χ0v) is 18.5. The van der Waals surface area contributed by atoms with Gasteiger partial charge in [-0.2, -0.15) is 10.1 Å². The summed E-state index contributed by atoms with van der Waals surface area (Å²) < 4.78 is 10.7. The molecule has 0 radical (unpaired) electrons. The molecule has 1 aliphatic rings. The van der Waals surface area contributed by atoms with Gasteiger partial charge in [-0.05, 0) is 67.1 Å². The Morgan fingerprint density at radius 1 is 1.09 bits per heavy atom. The fourth-order valence-electron chi connectivity index (χ4n) is 3.46. The lowest BCUT2D eigenvalue weighted by Gasteiger charge is -2.11. The van der Waals surface area contributed by atoms with Crippen molar-refractivity contribution in [3.8, 4) is 17.2 Å². The van der Waals surface area contributed by atoms with E-state index in [1.54, 1.807) is 49.6 Å². The van der Waals surface area contributed by atoms with E-state index in [2.05, 4.69) is 5.10 Å². The van der Waals surface area contributed by atoms with Crippen LogP contribution in [0.15, 0.2) is 77.4 Å². The van der Waals surface area contributed by atoms with E-state index in [1.165, 1.54) is 35.3 Å². The summed E-state index contributed by atoms with van der Waals surface area (Å²) in [7, 11) is 1.56. The van der Waals surface area contributed by atoms with Crippen LogP contribution in [0.25, 0.3) is 6.08 Å². The molecule has 1 N–H and O–H groups in total. The lowest BCUT2D eigenvalue weighted by atomic mass is 10.00. The number of phenols is 1. The molecule has 0 atom stereocenters. The second-order valence-corrected chi connectivity index (χ2v) is 7.29. The molecule has 0 bridgehead atoms. The van der Waals surface area contributed by atoms with Crippen molar-refractivity contribution in [3.05, 3.63) is 93.5 Å². The number of carbonyl (C=O) groups excluding carboxylic acids is 1. The van der Waals surface area contributed by atoms with Gasteiger partial charge in [0.25, 0.3) is 11.6 Å². The smallest absolute Gasteiger partial charge is 0.281 e. The number of aromatic hydroxyl groups is 1. The molecule has 0 aliphatic carbocycles. The van der Waals surface area contributed by atoms with Crippen LogP contribution < -0.4 is 14.5 Å². The number of hydrogen-bond donors (Lipinski definition) is 1. The number of nitro benzene ring substituents is 1. The van der Waals surface area contributed by atoms with Crippen LogP contribution in [0.1, 0.15) is 18.1 Å². The van der Waals surface area contributed by atoms with Gasteiger partial charge in [-0.15, -0.1) is 0 Å². The van der Waals surface area contributed by atoms with Crippen LogP contribution in [0, 0.1) is 10.1 Å². The zero-order chi connectivity index (χ0) is 24.2. The zero-order valence-electron chi connectivity index (χ0n) is 18.5. The largest absolute Gasteiger partial charge is 0.504 e. The molecule has 0 spiro atoms. The Morgan fingerprint density at radius 2 is 1.79 bits per heavy atom. The van der Waals surface area contributed by atoms with Crippen LogP contribution in [0.3, 0.4) is 0 Å². The van der Waals surface area contributed by atoms with Gasteiger partial charge in [-0.25, -0.2) is 0 Å². The third kappa shape index (κ3) is 4.44. The molecule has 9 nitrogen and oxygen atoms in total. The average Bonchev–Trinajstić information content (AvgIpc) is 3.17. The SMILES string of the molecule is CCOc1cc(C=C2C(=O)N(c3ccc([N+](=O)[O-])cc3)N=C2c2ccc(OC)cc2)ccc1O. The fraction of sp³-hybridized carbons (Fsp3) is 0.120. The summed E-state index contributed by atoms with van der Waals surface area (Å²) in [5.74, 6) is 0.563. The van der Waals surface area contributed by atoms with E-state index in [0.29, 0.717) is 46.2 Å². The molecule has 0 unspecified atom stereocenters. The molecule has 1 aliphatic heterocycles. The molecular weight excluding hydrogens is 438 g/mol. The number of hydrazone groups is 1. The topological polar surface area (TPSA) is 114 Å². The minimum absolute atomic E-state index is 0.00157. The maximum Gasteiger partial charge on any atom is 0.281 e. The number of nitro groups is 1. The van der Waals surface area contributed by atoms with Crippen molar-refractivity contribution in [1.82, 2.24) is 0 Å². The molecule has 0 saturated carbocycles. The van der Waals surface area contributed by atoms with Crippen molar-refractivity contribution in [2.75, 3.05) is 18.7 Å². The molecule has 0 saturated heterocycles. The monoisotopic (exact) mass is 459 g/mol. The second kappa shape index (κ2) is 9.45. The number of hydrogen-bond acceptors (Lipinski definition) is 7. The number of ether oxygens (including phenoxy) is 2.